The zero-order valence-electron chi connectivity index (χ0n) is 9.64. The van der Waals surface area contributed by atoms with Crippen LogP contribution in [0.2, 0.25) is 0 Å². The summed E-state index contributed by atoms with van der Waals surface area (Å²) < 4.78 is 14.7. The van der Waals surface area contributed by atoms with Gasteiger partial charge in [-0.2, -0.15) is 5.10 Å². The number of nitrogens with zero attached hydrogens (tertiary/aromatic N) is 2. The molecule has 0 spiro atoms. The highest BCUT2D eigenvalue weighted by Crippen LogP contribution is 2.20. The number of carboxylic acid groups (broad SMARTS) is 1. The zero-order valence-corrected chi connectivity index (χ0v) is 9.64. The summed E-state index contributed by atoms with van der Waals surface area (Å²) >= 11 is 0. The number of carbonyl (C=O) groups is 1. The van der Waals surface area contributed by atoms with Crippen LogP contribution in [0.3, 0.4) is 0 Å². The molecule has 0 aliphatic carbocycles. The van der Waals surface area contributed by atoms with Crippen LogP contribution in [0.15, 0.2) is 18.2 Å². The Balaban J connectivity index is 2.66. The molecule has 4 nitrogen and oxygen atoms in total. The molecule has 0 aliphatic heterocycles. The van der Waals surface area contributed by atoms with Gasteiger partial charge in [0.15, 0.2) is 5.69 Å². The van der Waals surface area contributed by atoms with E-state index in [4.69, 9.17) is 5.11 Å². The highest BCUT2D eigenvalue weighted by atomic mass is 19.1. The Kier molecular flexibility index (Phi) is 2.83. The number of aromatic carboxylic acids is 1. The predicted molar refractivity (Wildman–Crippen MR) is 61.5 cm³/mol. The van der Waals surface area contributed by atoms with Crippen LogP contribution in [0.25, 0.3) is 10.9 Å². The molecule has 0 atom stereocenters. The molecule has 0 amide bonds. The molecule has 0 unspecified atom stereocenters. The van der Waals surface area contributed by atoms with Crippen molar-refractivity contribution in [2.24, 2.45) is 5.92 Å². The average Bonchev–Trinajstić information content (AvgIpc) is 2.56. The summed E-state index contributed by atoms with van der Waals surface area (Å²) in [6.07, 6.45) is 0. The van der Waals surface area contributed by atoms with Crippen molar-refractivity contribution in [2.75, 3.05) is 0 Å². The maximum absolute atomic E-state index is 13.2. The summed E-state index contributed by atoms with van der Waals surface area (Å²) in [4.78, 5) is 11.0. The molecule has 17 heavy (non-hydrogen) atoms. The number of hydrogen-bond acceptors (Lipinski definition) is 2. The summed E-state index contributed by atoms with van der Waals surface area (Å²) in [5.41, 5.74) is 0.497. The van der Waals surface area contributed by atoms with Crippen molar-refractivity contribution < 1.29 is 14.3 Å². The number of fused-ring (bicyclic) bond motifs is 1. The number of rotatable bonds is 3. The van der Waals surface area contributed by atoms with Crippen LogP contribution in [0, 0.1) is 11.7 Å². The molecule has 2 aromatic rings. The van der Waals surface area contributed by atoms with Gasteiger partial charge < -0.3 is 5.11 Å². The van der Waals surface area contributed by atoms with Gasteiger partial charge in [0.05, 0.1) is 5.52 Å². The fourth-order valence-electron chi connectivity index (χ4n) is 1.79. The largest absolute Gasteiger partial charge is 0.476 e. The highest BCUT2D eigenvalue weighted by molar-refractivity contribution is 6.01. The minimum atomic E-state index is -1.09. The van der Waals surface area contributed by atoms with Crippen LogP contribution in [0.1, 0.15) is 24.3 Å². The molecule has 0 radical (unpaired) electrons. The molecule has 1 N–H and O–H groups in total. The van der Waals surface area contributed by atoms with Gasteiger partial charge in [-0.3, -0.25) is 4.68 Å². The van der Waals surface area contributed by atoms with E-state index in [0.29, 0.717) is 23.4 Å². The molecule has 0 bridgehead atoms. The van der Waals surface area contributed by atoms with E-state index in [1.54, 1.807) is 4.68 Å². The van der Waals surface area contributed by atoms with Crippen LogP contribution in [0.5, 0.6) is 0 Å². The molecule has 1 heterocycles. The van der Waals surface area contributed by atoms with Crippen LogP contribution < -0.4 is 0 Å². The van der Waals surface area contributed by atoms with E-state index in [1.807, 2.05) is 13.8 Å². The first kappa shape index (κ1) is 11.6. The summed E-state index contributed by atoms with van der Waals surface area (Å²) in [6.45, 7) is 4.55. The van der Waals surface area contributed by atoms with E-state index in [-0.39, 0.29) is 11.5 Å². The van der Waals surface area contributed by atoms with Crippen molar-refractivity contribution in [3.63, 3.8) is 0 Å². The lowest BCUT2D eigenvalue weighted by Gasteiger charge is -2.05. The van der Waals surface area contributed by atoms with E-state index in [2.05, 4.69) is 5.10 Å². The van der Waals surface area contributed by atoms with Crippen LogP contribution in [-0.4, -0.2) is 20.9 Å². The van der Waals surface area contributed by atoms with Crippen molar-refractivity contribution in [2.45, 2.75) is 20.4 Å². The Morgan fingerprint density at radius 1 is 1.53 bits per heavy atom. The topological polar surface area (TPSA) is 55.1 Å². The second-order valence-corrected chi connectivity index (χ2v) is 4.39. The van der Waals surface area contributed by atoms with Gasteiger partial charge in [-0.15, -0.1) is 0 Å². The molecular weight excluding hydrogens is 223 g/mol. The zero-order chi connectivity index (χ0) is 12.6. The summed E-state index contributed by atoms with van der Waals surface area (Å²) in [6, 6.07) is 4.02. The van der Waals surface area contributed by atoms with Gasteiger partial charge in [-0.1, -0.05) is 13.8 Å². The molecule has 1 aromatic carbocycles. The summed E-state index contributed by atoms with van der Waals surface area (Å²) in [5.74, 6) is -1.17. The van der Waals surface area contributed by atoms with Crippen molar-refractivity contribution in [1.82, 2.24) is 9.78 Å². The first-order valence-electron chi connectivity index (χ1n) is 5.38. The monoisotopic (exact) mass is 236 g/mol. The van der Waals surface area contributed by atoms with Gasteiger partial charge in [-0.25, -0.2) is 9.18 Å². The number of carboxylic acids is 1. The fourth-order valence-corrected chi connectivity index (χ4v) is 1.79. The third-order valence-corrected chi connectivity index (χ3v) is 2.45. The Hall–Kier alpha value is -1.91. The van der Waals surface area contributed by atoms with Crippen LogP contribution in [-0.2, 0) is 6.54 Å². The smallest absolute Gasteiger partial charge is 0.357 e. The molecule has 0 saturated carbocycles. The molecule has 90 valence electrons. The second kappa shape index (κ2) is 4.16. The Bertz CT molecular complexity index is 575. The molecular formula is C12H13FN2O2. The Morgan fingerprint density at radius 3 is 2.82 bits per heavy atom. The van der Waals surface area contributed by atoms with E-state index in [9.17, 15) is 9.18 Å². The fraction of sp³-hybridized carbons (Fsp3) is 0.333. The van der Waals surface area contributed by atoms with E-state index >= 15 is 0 Å². The molecule has 5 heteroatoms. The summed E-state index contributed by atoms with van der Waals surface area (Å²) in [5, 5.41) is 13.5. The second-order valence-electron chi connectivity index (χ2n) is 4.39. The number of aromatic nitrogens is 2. The van der Waals surface area contributed by atoms with Crippen LogP contribution in [0.4, 0.5) is 4.39 Å². The number of benzene rings is 1. The maximum Gasteiger partial charge on any atom is 0.357 e. The van der Waals surface area contributed by atoms with Gasteiger partial charge in [-0.05, 0) is 24.1 Å². The molecule has 2 rings (SSSR count). The van der Waals surface area contributed by atoms with E-state index < -0.39 is 5.97 Å². The lowest BCUT2D eigenvalue weighted by atomic mass is 10.2. The van der Waals surface area contributed by atoms with Gasteiger partial charge in [0.2, 0.25) is 0 Å². The van der Waals surface area contributed by atoms with Crippen molar-refractivity contribution in [3.8, 4) is 0 Å². The lowest BCUT2D eigenvalue weighted by Crippen LogP contribution is -2.07. The third-order valence-electron chi connectivity index (χ3n) is 2.45. The third kappa shape index (κ3) is 2.13. The average molecular weight is 236 g/mol. The quantitative estimate of drug-likeness (QED) is 0.890. The maximum atomic E-state index is 13.2. The standard InChI is InChI=1S/C12H13FN2O2/c1-7(2)6-15-10-5-8(13)3-4-9(10)11(14-15)12(16)17/h3-5,7H,6H2,1-2H3,(H,16,17). The SMILES string of the molecule is CC(C)Cn1nc(C(=O)O)c2ccc(F)cc21. The molecule has 0 saturated heterocycles. The van der Waals surface area contributed by atoms with Crippen molar-refractivity contribution >= 4 is 16.9 Å². The normalized spacial score (nSPS) is 11.3. The van der Waals surface area contributed by atoms with E-state index in [0.717, 1.165) is 0 Å². The minimum absolute atomic E-state index is 0.0272. The molecule has 0 fully saturated rings. The predicted octanol–water partition coefficient (Wildman–Crippen LogP) is 2.53. The minimum Gasteiger partial charge on any atom is -0.476 e. The first-order valence-corrected chi connectivity index (χ1v) is 5.38. The van der Waals surface area contributed by atoms with E-state index in [1.165, 1.54) is 18.2 Å². The molecule has 1 aromatic heterocycles. The van der Waals surface area contributed by atoms with Gasteiger partial charge >= 0.3 is 5.97 Å². The van der Waals surface area contributed by atoms with Gasteiger partial charge in [0.1, 0.15) is 5.82 Å². The lowest BCUT2D eigenvalue weighted by molar-refractivity contribution is 0.0691. The van der Waals surface area contributed by atoms with Crippen LogP contribution >= 0.6 is 0 Å². The highest BCUT2D eigenvalue weighted by Gasteiger charge is 2.17. The Labute approximate surface area is 97.7 Å². The Morgan fingerprint density at radius 2 is 2.24 bits per heavy atom. The van der Waals surface area contributed by atoms with Crippen molar-refractivity contribution in [3.05, 3.63) is 29.7 Å². The van der Waals surface area contributed by atoms with Gasteiger partial charge in [0, 0.05) is 11.9 Å². The number of hydrogen-bond donors (Lipinski definition) is 1. The number of halogens is 1. The molecule has 0 aliphatic rings. The van der Waals surface area contributed by atoms with Gasteiger partial charge in [0.25, 0.3) is 0 Å². The first-order chi connectivity index (χ1) is 7.99. The van der Waals surface area contributed by atoms with Crippen molar-refractivity contribution in [1.29, 1.82) is 0 Å². The summed E-state index contributed by atoms with van der Waals surface area (Å²) in [7, 11) is 0.